The molecule has 0 spiro atoms. The fourth-order valence-electron chi connectivity index (χ4n) is 4.89. The molecule has 0 aromatic heterocycles. The summed E-state index contributed by atoms with van der Waals surface area (Å²) in [7, 11) is 1.69. The summed E-state index contributed by atoms with van der Waals surface area (Å²) in [5.41, 5.74) is 1.33. The molecule has 2 aliphatic carbocycles. The second-order valence-corrected chi connectivity index (χ2v) is 9.50. The van der Waals surface area contributed by atoms with Crippen LogP contribution in [-0.2, 0) is 0 Å². The molecule has 2 heterocycles. The normalized spacial score (nSPS) is 27.4. The molecule has 2 atom stereocenters. The van der Waals surface area contributed by atoms with Gasteiger partial charge in [0.05, 0.1) is 6.54 Å². The van der Waals surface area contributed by atoms with Gasteiger partial charge in [-0.2, -0.15) is 0 Å². The van der Waals surface area contributed by atoms with Crippen molar-refractivity contribution in [3.05, 3.63) is 11.6 Å². The van der Waals surface area contributed by atoms with E-state index in [1.807, 2.05) is 0 Å². The van der Waals surface area contributed by atoms with Crippen molar-refractivity contribution in [1.29, 1.82) is 0 Å². The molecule has 2 fully saturated rings. The lowest BCUT2D eigenvalue weighted by Gasteiger charge is -2.25. The van der Waals surface area contributed by atoms with Crippen LogP contribution in [0.15, 0.2) is 21.6 Å². The number of nitrogens with one attached hydrogen (secondary N) is 1. The molecule has 30 heavy (non-hydrogen) atoms. The average molecular weight is 434 g/mol. The predicted octanol–water partition coefficient (Wildman–Crippen LogP) is 4.32. The van der Waals surface area contributed by atoms with E-state index in [4.69, 9.17) is 16.6 Å². The molecule has 8 heteroatoms. The maximum Gasteiger partial charge on any atom is 0.334 e. The third-order valence-electron chi connectivity index (χ3n) is 6.71. The highest BCUT2D eigenvalue weighted by Gasteiger charge is 2.46. The zero-order chi connectivity index (χ0) is 21.1. The smallest absolute Gasteiger partial charge is 0.334 e. The summed E-state index contributed by atoms with van der Waals surface area (Å²) in [4.78, 5) is 37.6. The molecule has 4 amide bonds. The topological polar surface area (TPSA) is 77.4 Å². The minimum atomic E-state index is -0.400. The Morgan fingerprint density at radius 3 is 2.80 bits per heavy atom. The number of fused-ring (bicyclic) bond motifs is 1. The van der Waals surface area contributed by atoms with Crippen molar-refractivity contribution < 1.29 is 9.59 Å². The van der Waals surface area contributed by atoms with Crippen LogP contribution in [0.1, 0.15) is 64.2 Å². The highest BCUT2D eigenvalue weighted by molar-refractivity contribution is 6.20. The van der Waals surface area contributed by atoms with Crippen LogP contribution in [0.3, 0.4) is 0 Å². The number of hydrogen-bond acceptors (Lipinski definition) is 4. The third-order valence-corrected chi connectivity index (χ3v) is 7.11. The Morgan fingerprint density at radius 1 is 1.27 bits per heavy atom. The molecule has 2 unspecified atom stereocenters. The van der Waals surface area contributed by atoms with Gasteiger partial charge >= 0.3 is 12.1 Å². The minimum Gasteiger partial charge on any atom is -0.337 e. The zero-order valence-electron chi connectivity index (χ0n) is 17.8. The minimum absolute atomic E-state index is 0.230. The van der Waals surface area contributed by atoms with Crippen molar-refractivity contribution in [1.82, 2.24) is 15.1 Å². The van der Waals surface area contributed by atoms with Gasteiger partial charge in [-0.05, 0) is 31.6 Å². The van der Waals surface area contributed by atoms with E-state index < -0.39 is 6.04 Å². The van der Waals surface area contributed by atoms with Gasteiger partial charge in [0.15, 0.2) is 0 Å². The van der Waals surface area contributed by atoms with Gasteiger partial charge in [0.2, 0.25) is 0 Å². The van der Waals surface area contributed by atoms with E-state index in [0.717, 1.165) is 37.9 Å². The maximum absolute atomic E-state index is 12.8. The second-order valence-electron chi connectivity index (χ2n) is 8.88. The standard InChI is InChI=1S/C22H32ClN5O2/c1-27-20-18(14-25-19(26-20)13-16-5-3-2-4-6-16)28(22(27)30)21(29)24-12-11-15-7-9-17(23)10-8-15/h7,16-18H,2-6,8-14H2,1H3,(H,24,29). The molecule has 4 aliphatic rings. The van der Waals surface area contributed by atoms with Crippen LogP contribution >= 0.6 is 11.6 Å². The Kier molecular flexibility index (Phi) is 6.76. The number of imide groups is 1. The SMILES string of the molecule is CN1C(=O)N(C(=O)NCCC2=CCC(Cl)CC2)C2CN=C(CC3CCCCC3)N=C21. The molecular weight excluding hydrogens is 402 g/mol. The van der Waals surface area contributed by atoms with Crippen LogP contribution in [0.4, 0.5) is 9.59 Å². The van der Waals surface area contributed by atoms with E-state index in [1.54, 1.807) is 7.05 Å². The molecule has 7 nitrogen and oxygen atoms in total. The van der Waals surface area contributed by atoms with Crippen LogP contribution < -0.4 is 5.32 Å². The molecule has 1 saturated carbocycles. The number of hydrogen-bond donors (Lipinski definition) is 1. The number of urea groups is 2. The summed E-state index contributed by atoms with van der Waals surface area (Å²) in [6.07, 6.45) is 13.1. The van der Waals surface area contributed by atoms with Crippen molar-refractivity contribution in [3.63, 3.8) is 0 Å². The molecule has 1 saturated heterocycles. The molecule has 0 aromatic carbocycles. The van der Waals surface area contributed by atoms with Gasteiger partial charge in [0.1, 0.15) is 17.7 Å². The molecular formula is C22H32ClN5O2. The van der Waals surface area contributed by atoms with Gasteiger partial charge in [0.25, 0.3) is 0 Å². The number of amidine groups is 2. The molecule has 0 aromatic rings. The molecule has 1 N–H and O–H groups in total. The van der Waals surface area contributed by atoms with E-state index in [2.05, 4.69) is 16.4 Å². The van der Waals surface area contributed by atoms with Gasteiger partial charge in [-0.1, -0.05) is 43.8 Å². The number of rotatable bonds is 5. The van der Waals surface area contributed by atoms with E-state index in [-0.39, 0.29) is 17.4 Å². The van der Waals surface area contributed by atoms with Gasteiger partial charge in [-0.25, -0.2) is 19.5 Å². The number of alkyl halides is 1. The largest absolute Gasteiger partial charge is 0.337 e. The molecule has 0 radical (unpaired) electrons. The number of halogens is 1. The Morgan fingerprint density at radius 2 is 2.07 bits per heavy atom. The van der Waals surface area contributed by atoms with Crippen molar-refractivity contribution in [2.24, 2.45) is 15.9 Å². The number of carbonyl (C=O) groups is 2. The van der Waals surface area contributed by atoms with Crippen molar-refractivity contribution in [2.75, 3.05) is 20.1 Å². The molecule has 4 rings (SSSR count). The number of carbonyl (C=O) groups excluding carboxylic acids is 2. The molecule has 2 aliphatic heterocycles. The van der Waals surface area contributed by atoms with Crippen LogP contribution in [-0.4, -0.2) is 65.1 Å². The second kappa shape index (κ2) is 9.50. The number of likely N-dealkylation sites (N-methyl/N-ethyl adjacent to an activating group) is 1. The van der Waals surface area contributed by atoms with Crippen LogP contribution in [0.2, 0.25) is 0 Å². The fourth-order valence-corrected chi connectivity index (χ4v) is 5.09. The predicted molar refractivity (Wildman–Crippen MR) is 119 cm³/mol. The Labute approximate surface area is 183 Å². The van der Waals surface area contributed by atoms with E-state index in [0.29, 0.717) is 24.8 Å². The first-order valence-corrected chi connectivity index (χ1v) is 11.7. The Hall–Kier alpha value is -1.89. The Bertz CT molecular complexity index is 771. The summed E-state index contributed by atoms with van der Waals surface area (Å²) in [5, 5.41) is 3.14. The van der Waals surface area contributed by atoms with Crippen molar-refractivity contribution in [3.8, 4) is 0 Å². The van der Waals surface area contributed by atoms with Gasteiger partial charge in [-0.15, -0.1) is 11.6 Å². The zero-order valence-corrected chi connectivity index (χ0v) is 18.5. The highest BCUT2D eigenvalue weighted by atomic mass is 35.5. The van der Waals surface area contributed by atoms with Crippen molar-refractivity contribution in [2.45, 2.75) is 75.6 Å². The summed E-state index contributed by atoms with van der Waals surface area (Å²) >= 11 is 6.13. The van der Waals surface area contributed by atoms with Gasteiger partial charge < -0.3 is 5.32 Å². The lowest BCUT2D eigenvalue weighted by Crippen LogP contribution is -2.48. The number of amides is 4. The Balaban J connectivity index is 1.33. The fraction of sp³-hybridized carbons (Fsp3) is 0.727. The number of nitrogens with zero attached hydrogens (tertiary/aromatic N) is 4. The lowest BCUT2D eigenvalue weighted by molar-refractivity contribution is 0.182. The third kappa shape index (κ3) is 4.71. The van der Waals surface area contributed by atoms with Gasteiger partial charge in [0, 0.05) is 25.4 Å². The first-order valence-electron chi connectivity index (χ1n) is 11.3. The first-order chi connectivity index (χ1) is 14.5. The summed E-state index contributed by atoms with van der Waals surface area (Å²) < 4.78 is 0. The highest BCUT2D eigenvalue weighted by Crippen LogP contribution is 2.29. The molecule has 164 valence electrons. The monoisotopic (exact) mass is 433 g/mol. The first kappa shape index (κ1) is 21.3. The van der Waals surface area contributed by atoms with E-state index >= 15 is 0 Å². The van der Waals surface area contributed by atoms with Gasteiger partial charge in [-0.3, -0.25) is 9.89 Å². The van der Waals surface area contributed by atoms with E-state index in [9.17, 15) is 9.59 Å². The quantitative estimate of drug-likeness (QED) is 0.517. The summed E-state index contributed by atoms with van der Waals surface area (Å²) in [5.74, 6) is 2.12. The van der Waals surface area contributed by atoms with Crippen LogP contribution in [0.25, 0.3) is 0 Å². The van der Waals surface area contributed by atoms with E-state index in [1.165, 1.54) is 47.5 Å². The number of aliphatic imine (C=N–C) groups is 2. The summed E-state index contributed by atoms with van der Waals surface area (Å²) in [6, 6.07) is -1.09. The maximum atomic E-state index is 12.8. The summed E-state index contributed by atoms with van der Waals surface area (Å²) in [6.45, 7) is 0.924. The lowest BCUT2D eigenvalue weighted by atomic mass is 9.86. The number of allylic oxidation sites excluding steroid dienone is 1. The van der Waals surface area contributed by atoms with Crippen molar-refractivity contribution >= 4 is 35.3 Å². The molecule has 0 bridgehead atoms. The average Bonchev–Trinajstić information content (AvgIpc) is 3.00. The van der Waals surface area contributed by atoms with Crippen LogP contribution in [0, 0.1) is 5.92 Å². The van der Waals surface area contributed by atoms with Crippen LogP contribution in [0.5, 0.6) is 0 Å².